The molecule has 3 aromatic heterocycles. The fraction of sp³-hybridized carbons (Fsp3) is 0. The standard InChI is InChI=1S/C14H10N4OS/c15-18-13-9-5-6-20-14(9)17-12(16-13)10-7-19-11-4-2-1-3-8(10)11/h1-7H,15H2,(H,16,17,18). The van der Waals surface area contributed by atoms with Gasteiger partial charge in [0.25, 0.3) is 0 Å². The lowest BCUT2D eigenvalue weighted by Gasteiger charge is -2.03. The number of anilines is 1. The molecule has 0 saturated carbocycles. The molecule has 6 heteroatoms. The summed E-state index contributed by atoms with van der Waals surface area (Å²) in [5.41, 5.74) is 4.32. The van der Waals surface area contributed by atoms with E-state index in [0.29, 0.717) is 11.6 Å². The number of nitrogens with two attached hydrogens (primary N) is 1. The van der Waals surface area contributed by atoms with E-state index in [9.17, 15) is 0 Å². The van der Waals surface area contributed by atoms with Crippen LogP contribution in [0.1, 0.15) is 0 Å². The van der Waals surface area contributed by atoms with E-state index in [1.165, 1.54) is 0 Å². The molecule has 0 aliphatic rings. The molecule has 5 nitrogen and oxygen atoms in total. The monoisotopic (exact) mass is 282 g/mol. The number of benzene rings is 1. The van der Waals surface area contributed by atoms with Crippen LogP contribution >= 0.6 is 11.3 Å². The first-order valence-electron chi connectivity index (χ1n) is 6.05. The first kappa shape index (κ1) is 11.4. The van der Waals surface area contributed by atoms with E-state index in [0.717, 1.165) is 26.7 Å². The predicted molar refractivity (Wildman–Crippen MR) is 80.4 cm³/mol. The second-order valence-corrected chi connectivity index (χ2v) is 5.22. The van der Waals surface area contributed by atoms with Crippen molar-refractivity contribution in [2.24, 2.45) is 5.84 Å². The summed E-state index contributed by atoms with van der Waals surface area (Å²) in [5, 5.41) is 3.89. The largest absolute Gasteiger partial charge is 0.464 e. The maximum atomic E-state index is 5.55. The van der Waals surface area contributed by atoms with E-state index in [2.05, 4.69) is 15.4 Å². The third-order valence-corrected chi connectivity index (χ3v) is 3.99. The number of nitrogens with zero attached hydrogens (tertiary/aromatic N) is 2. The Balaban J connectivity index is 2.02. The number of nitrogen functional groups attached to an aromatic ring is 1. The van der Waals surface area contributed by atoms with E-state index in [4.69, 9.17) is 10.3 Å². The zero-order valence-electron chi connectivity index (χ0n) is 10.3. The lowest BCUT2D eigenvalue weighted by Crippen LogP contribution is -2.09. The number of hydrogen-bond donors (Lipinski definition) is 2. The predicted octanol–water partition coefficient (Wildman–Crippen LogP) is 3.39. The Morgan fingerprint density at radius 2 is 2.00 bits per heavy atom. The Morgan fingerprint density at radius 1 is 1.10 bits per heavy atom. The van der Waals surface area contributed by atoms with Crippen LogP contribution in [0, 0.1) is 0 Å². The normalized spacial score (nSPS) is 11.2. The van der Waals surface area contributed by atoms with Crippen LogP contribution < -0.4 is 11.3 Å². The summed E-state index contributed by atoms with van der Waals surface area (Å²) in [6.07, 6.45) is 1.68. The minimum absolute atomic E-state index is 0.609. The van der Waals surface area contributed by atoms with Gasteiger partial charge in [-0.1, -0.05) is 18.2 Å². The third-order valence-electron chi connectivity index (χ3n) is 3.18. The van der Waals surface area contributed by atoms with Gasteiger partial charge in [0.05, 0.1) is 10.9 Å². The Kier molecular flexibility index (Phi) is 2.45. The number of aromatic nitrogens is 2. The van der Waals surface area contributed by atoms with Gasteiger partial charge in [-0.15, -0.1) is 11.3 Å². The minimum atomic E-state index is 0.609. The van der Waals surface area contributed by atoms with E-state index >= 15 is 0 Å². The van der Waals surface area contributed by atoms with Crippen molar-refractivity contribution in [3.8, 4) is 11.4 Å². The molecule has 0 spiro atoms. The number of furan rings is 1. The second kappa shape index (κ2) is 4.29. The summed E-state index contributed by atoms with van der Waals surface area (Å²) in [6, 6.07) is 9.77. The van der Waals surface area contributed by atoms with Crippen molar-refractivity contribution in [2.45, 2.75) is 0 Å². The SMILES string of the molecule is NNc1nc(-c2coc3ccccc23)nc2sccc12. The number of rotatable bonds is 2. The number of nitrogens with one attached hydrogen (secondary N) is 1. The minimum Gasteiger partial charge on any atom is -0.464 e. The molecule has 4 rings (SSSR count). The van der Waals surface area contributed by atoms with Crippen molar-refractivity contribution < 1.29 is 4.42 Å². The van der Waals surface area contributed by atoms with Crippen molar-refractivity contribution in [1.29, 1.82) is 0 Å². The Morgan fingerprint density at radius 3 is 2.90 bits per heavy atom. The van der Waals surface area contributed by atoms with E-state index < -0.39 is 0 Å². The summed E-state index contributed by atoms with van der Waals surface area (Å²) in [4.78, 5) is 9.97. The average molecular weight is 282 g/mol. The molecule has 0 saturated heterocycles. The smallest absolute Gasteiger partial charge is 0.167 e. The van der Waals surface area contributed by atoms with Crippen LogP contribution in [-0.2, 0) is 0 Å². The number of fused-ring (bicyclic) bond motifs is 2. The van der Waals surface area contributed by atoms with Gasteiger partial charge in [0.1, 0.15) is 16.7 Å². The molecule has 1 aromatic carbocycles. The molecule has 0 bridgehead atoms. The molecule has 0 fully saturated rings. The molecular formula is C14H10N4OS. The molecule has 0 unspecified atom stereocenters. The van der Waals surface area contributed by atoms with Crippen molar-refractivity contribution in [3.63, 3.8) is 0 Å². The molecule has 4 aromatic rings. The van der Waals surface area contributed by atoms with Gasteiger partial charge in [-0.3, -0.25) is 0 Å². The second-order valence-electron chi connectivity index (χ2n) is 4.33. The first-order valence-corrected chi connectivity index (χ1v) is 6.93. The fourth-order valence-corrected chi connectivity index (χ4v) is 3.00. The van der Waals surface area contributed by atoms with Gasteiger partial charge in [-0.2, -0.15) is 0 Å². The van der Waals surface area contributed by atoms with Gasteiger partial charge >= 0.3 is 0 Å². The Labute approximate surface area is 118 Å². The molecule has 0 aliphatic heterocycles. The summed E-state index contributed by atoms with van der Waals surface area (Å²) in [7, 11) is 0. The van der Waals surface area contributed by atoms with Crippen LogP contribution in [-0.4, -0.2) is 9.97 Å². The number of hydrogen-bond acceptors (Lipinski definition) is 6. The number of para-hydroxylation sites is 1. The lowest BCUT2D eigenvalue weighted by molar-refractivity contribution is 0.616. The van der Waals surface area contributed by atoms with Crippen LogP contribution in [0.2, 0.25) is 0 Å². The molecular weight excluding hydrogens is 272 g/mol. The van der Waals surface area contributed by atoms with Crippen molar-refractivity contribution in [1.82, 2.24) is 9.97 Å². The highest BCUT2D eigenvalue weighted by atomic mass is 32.1. The fourth-order valence-electron chi connectivity index (χ4n) is 2.24. The highest BCUT2D eigenvalue weighted by Gasteiger charge is 2.14. The third kappa shape index (κ3) is 1.59. The van der Waals surface area contributed by atoms with Crippen molar-refractivity contribution in [3.05, 3.63) is 42.0 Å². The van der Waals surface area contributed by atoms with Crippen LogP contribution in [0.4, 0.5) is 5.82 Å². The average Bonchev–Trinajstić information content (AvgIpc) is 3.12. The van der Waals surface area contributed by atoms with Crippen molar-refractivity contribution >= 4 is 38.3 Å². The zero-order valence-corrected chi connectivity index (χ0v) is 11.1. The quantitative estimate of drug-likeness (QED) is 0.435. The van der Waals surface area contributed by atoms with Gasteiger partial charge < -0.3 is 9.84 Å². The molecule has 0 amide bonds. The topological polar surface area (TPSA) is 77.0 Å². The van der Waals surface area contributed by atoms with Crippen LogP contribution in [0.15, 0.2) is 46.4 Å². The lowest BCUT2D eigenvalue weighted by atomic mass is 10.1. The molecule has 98 valence electrons. The molecule has 0 radical (unpaired) electrons. The number of thiophene rings is 1. The van der Waals surface area contributed by atoms with E-state index in [1.807, 2.05) is 35.7 Å². The maximum Gasteiger partial charge on any atom is 0.167 e. The summed E-state index contributed by atoms with van der Waals surface area (Å²) in [5.74, 6) is 6.78. The maximum absolute atomic E-state index is 5.55. The van der Waals surface area contributed by atoms with Gasteiger partial charge in [0, 0.05) is 5.39 Å². The molecule has 3 N–H and O–H groups in total. The summed E-state index contributed by atoms with van der Waals surface area (Å²) < 4.78 is 5.54. The molecule has 3 heterocycles. The van der Waals surface area contributed by atoms with Gasteiger partial charge in [0.2, 0.25) is 0 Å². The molecule has 20 heavy (non-hydrogen) atoms. The summed E-state index contributed by atoms with van der Waals surface area (Å²) >= 11 is 1.56. The molecule has 0 atom stereocenters. The first-order chi connectivity index (χ1) is 9.86. The van der Waals surface area contributed by atoms with Crippen molar-refractivity contribution in [2.75, 3.05) is 5.43 Å². The van der Waals surface area contributed by atoms with Gasteiger partial charge in [-0.05, 0) is 17.5 Å². The Bertz CT molecular complexity index is 912. The van der Waals surface area contributed by atoms with E-state index in [-0.39, 0.29) is 0 Å². The Hall–Kier alpha value is -2.44. The zero-order chi connectivity index (χ0) is 13.5. The summed E-state index contributed by atoms with van der Waals surface area (Å²) in [6.45, 7) is 0. The highest BCUT2D eigenvalue weighted by Crippen LogP contribution is 2.32. The highest BCUT2D eigenvalue weighted by molar-refractivity contribution is 7.16. The van der Waals surface area contributed by atoms with E-state index in [1.54, 1.807) is 17.6 Å². The van der Waals surface area contributed by atoms with Crippen LogP contribution in [0.25, 0.3) is 32.6 Å². The van der Waals surface area contributed by atoms with Crippen LogP contribution in [0.3, 0.4) is 0 Å². The number of hydrazine groups is 1. The van der Waals surface area contributed by atoms with Gasteiger partial charge in [-0.25, -0.2) is 15.8 Å². The van der Waals surface area contributed by atoms with Gasteiger partial charge in [0.15, 0.2) is 11.6 Å². The van der Waals surface area contributed by atoms with Crippen LogP contribution in [0.5, 0.6) is 0 Å². The molecule has 0 aliphatic carbocycles.